The van der Waals surface area contributed by atoms with Crippen molar-refractivity contribution in [1.29, 1.82) is 0 Å². The number of hydrogen-bond acceptors (Lipinski definition) is 2. The lowest BCUT2D eigenvalue weighted by Crippen LogP contribution is -2.43. The number of alkyl halides is 2. The first kappa shape index (κ1) is 14.8. The van der Waals surface area contributed by atoms with E-state index in [2.05, 4.69) is 12.2 Å². The molecule has 1 aliphatic carbocycles. The largest absolute Gasteiger partial charge is 0.380 e. The smallest absolute Gasteiger partial charge is 0.248 e. The van der Waals surface area contributed by atoms with Crippen molar-refractivity contribution in [3.63, 3.8) is 0 Å². The van der Waals surface area contributed by atoms with E-state index < -0.39 is 5.92 Å². The van der Waals surface area contributed by atoms with Crippen LogP contribution in [0.2, 0.25) is 0 Å². The number of hydrogen-bond donors (Lipinski definition) is 1. The summed E-state index contributed by atoms with van der Waals surface area (Å²) in [5.74, 6) is -2.09. The van der Waals surface area contributed by atoms with Gasteiger partial charge in [-0.1, -0.05) is 6.92 Å². The van der Waals surface area contributed by atoms with Gasteiger partial charge in [-0.3, -0.25) is 0 Å². The summed E-state index contributed by atoms with van der Waals surface area (Å²) in [7, 11) is 0. The summed E-state index contributed by atoms with van der Waals surface area (Å²) in [4.78, 5) is 0. The van der Waals surface area contributed by atoms with Crippen LogP contribution in [-0.2, 0) is 4.74 Å². The Bertz CT molecular complexity index is 194. The quantitative estimate of drug-likeness (QED) is 0.748. The maximum Gasteiger partial charge on any atom is 0.248 e. The van der Waals surface area contributed by atoms with Crippen molar-refractivity contribution in [2.75, 3.05) is 19.8 Å². The number of rotatable bonds is 7. The second-order valence-corrected chi connectivity index (χ2v) is 4.91. The molecule has 1 fully saturated rings. The number of halogens is 2. The average molecular weight is 249 g/mol. The molecule has 0 aromatic carbocycles. The minimum atomic E-state index is -2.43. The SMILES string of the molecule is CCCNC(COCC)C1CCC(F)(F)CC1. The molecule has 1 aliphatic rings. The molecular formula is C13H25F2NO. The van der Waals surface area contributed by atoms with Crippen molar-refractivity contribution < 1.29 is 13.5 Å². The average Bonchev–Trinajstić information content (AvgIpc) is 2.30. The van der Waals surface area contributed by atoms with Crippen molar-refractivity contribution >= 4 is 0 Å². The van der Waals surface area contributed by atoms with Gasteiger partial charge in [0.25, 0.3) is 0 Å². The van der Waals surface area contributed by atoms with Crippen LogP contribution in [0.1, 0.15) is 46.0 Å². The fourth-order valence-corrected chi connectivity index (χ4v) is 2.40. The highest BCUT2D eigenvalue weighted by Gasteiger charge is 2.37. The minimum Gasteiger partial charge on any atom is -0.380 e. The predicted octanol–water partition coefficient (Wildman–Crippen LogP) is 3.22. The molecule has 1 unspecified atom stereocenters. The summed E-state index contributed by atoms with van der Waals surface area (Å²) in [5.41, 5.74) is 0. The van der Waals surface area contributed by atoms with E-state index >= 15 is 0 Å². The van der Waals surface area contributed by atoms with Gasteiger partial charge in [0, 0.05) is 25.5 Å². The van der Waals surface area contributed by atoms with E-state index in [0.717, 1.165) is 13.0 Å². The second kappa shape index (κ2) is 7.27. The van der Waals surface area contributed by atoms with E-state index in [0.29, 0.717) is 32.0 Å². The summed E-state index contributed by atoms with van der Waals surface area (Å²) >= 11 is 0. The molecule has 0 saturated heterocycles. The zero-order valence-electron chi connectivity index (χ0n) is 11.0. The minimum absolute atomic E-state index is 0.0358. The molecule has 1 saturated carbocycles. The Hall–Kier alpha value is -0.220. The van der Waals surface area contributed by atoms with Crippen molar-refractivity contribution in [2.24, 2.45) is 5.92 Å². The summed E-state index contributed by atoms with van der Waals surface area (Å²) in [6.45, 7) is 6.34. The molecule has 0 heterocycles. The molecule has 1 atom stereocenters. The van der Waals surface area contributed by atoms with Crippen LogP contribution in [0.15, 0.2) is 0 Å². The van der Waals surface area contributed by atoms with Crippen LogP contribution < -0.4 is 5.32 Å². The fraction of sp³-hybridized carbons (Fsp3) is 1.00. The molecule has 1 rings (SSSR count). The zero-order valence-corrected chi connectivity index (χ0v) is 11.0. The Balaban J connectivity index is 2.40. The molecule has 4 heteroatoms. The third-order valence-electron chi connectivity index (χ3n) is 3.49. The van der Waals surface area contributed by atoms with Gasteiger partial charge >= 0.3 is 0 Å². The topological polar surface area (TPSA) is 21.3 Å². The molecule has 0 spiro atoms. The van der Waals surface area contributed by atoms with Crippen LogP contribution in [-0.4, -0.2) is 31.7 Å². The molecule has 1 N–H and O–H groups in total. The lowest BCUT2D eigenvalue weighted by atomic mass is 9.82. The van der Waals surface area contributed by atoms with Gasteiger partial charge in [0.2, 0.25) is 5.92 Å². The predicted molar refractivity (Wildman–Crippen MR) is 65.5 cm³/mol. The first-order valence-corrected chi connectivity index (χ1v) is 6.78. The van der Waals surface area contributed by atoms with Gasteiger partial charge in [0.15, 0.2) is 0 Å². The number of ether oxygens (including phenoxy) is 1. The van der Waals surface area contributed by atoms with E-state index in [9.17, 15) is 8.78 Å². The summed E-state index contributed by atoms with van der Waals surface area (Å²) in [6, 6.07) is 0.242. The summed E-state index contributed by atoms with van der Waals surface area (Å²) in [5, 5.41) is 3.43. The van der Waals surface area contributed by atoms with Crippen molar-refractivity contribution in [3.05, 3.63) is 0 Å². The molecule has 0 amide bonds. The van der Waals surface area contributed by atoms with E-state index in [-0.39, 0.29) is 18.9 Å². The van der Waals surface area contributed by atoms with E-state index in [1.54, 1.807) is 0 Å². The second-order valence-electron chi connectivity index (χ2n) is 4.91. The van der Waals surface area contributed by atoms with Crippen LogP contribution in [0.4, 0.5) is 8.78 Å². The number of nitrogens with one attached hydrogen (secondary N) is 1. The molecule has 0 aromatic heterocycles. The highest BCUT2D eigenvalue weighted by Crippen LogP contribution is 2.37. The lowest BCUT2D eigenvalue weighted by molar-refractivity contribution is -0.0533. The summed E-state index contributed by atoms with van der Waals surface area (Å²) < 4.78 is 31.6. The molecular weight excluding hydrogens is 224 g/mol. The first-order chi connectivity index (χ1) is 8.09. The Morgan fingerprint density at radius 3 is 2.47 bits per heavy atom. The highest BCUT2D eigenvalue weighted by atomic mass is 19.3. The van der Waals surface area contributed by atoms with Crippen molar-refractivity contribution in [3.8, 4) is 0 Å². The Morgan fingerprint density at radius 1 is 1.29 bits per heavy atom. The maximum atomic E-state index is 13.1. The van der Waals surface area contributed by atoms with Crippen LogP contribution in [0.25, 0.3) is 0 Å². The van der Waals surface area contributed by atoms with E-state index in [1.807, 2.05) is 6.92 Å². The molecule has 0 aromatic rings. The van der Waals surface area contributed by atoms with Gasteiger partial charge in [-0.05, 0) is 38.6 Å². The van der Waals surface area contributed by atoms with Crippen molar-refractivity contribution in [2.45, 2.75) is 57.9 Å². The molecule has 2 nitrogen and oxygen atoms in total. The van der Waals surface area contributed by atoms with Crippen LogP contribution in [0.3, 0.4) is 0 Å². The zero-order chi connectivity index (χ0) is 12.7. The van der Waals surface area contributed by atoms with Gasteiger partial charge < -0.3 is 10.1 Å². The first-order valence-electron chi connectivity index (χ1n) is 6.78. The Morgan fingerprint density at radius 2 is 1.94 bits per heavy atom. The van der Waals surface area contributed by atoms with E-state index in [4.69, 9.17) is 4.74 Å². The van der Waals surface area contributed by atoms with Crippen LogP contribution in [0, 0.1) is 5.92 Å². The Labute approximate surface area is 103 Å². The highest BCUT2D eigenvalue weighted by molar-refractivity contribution is 4.84. The third kappa shape index (κ3) is 5.30. The van der Waals surface area contributed by atoms with Gasteiger partial charge in [-0.25, -0.2) is 8.78 Å². The van der Waals surface area contributed by atoms with E-state index in [1.165, 1.54) is 0 Å². The Kier molecular flexibility index (Phi) is 6.34. The van der Waals surface area contributed by atoms with Crippen molar-refractivity contribution in [1.82, 2.24) is 5.32 Å². The van der Waals surface area contributed by atoms with Crippen LogP contribution >= 0.6 is 0 Å². The molecule has 102 valence electrons. The van der Waals surface area contributed by atoms with Gasteiger partial charge in [-0.15, -0.1) is 0 Å². The third-order valence-corrected chi connectivity index (χ3v) is 3.49. The standard InChI is InChI=1S/C13H25F2NO/c1-3-9-16-12(10-17-4-2)11-5-7-13(14,15)8-6-11/h11-12,16H,3-10H2,1-2H3. The summed E-state index contributed by atoms with van der Waals surface area (Å²) in [6.07, 6.45) is 2.36. The normalized spacial score (nSPS) is 22.6. The van der Waals surface area contributed by atoms with Gasteiger partial charge in [0.1, 0.15) is 0 Å². The maximum absolute atomic E-state index is 13.1. The molecule has 0 bridgehead atoms. The molecule has 17 heavy (non-hydrogen) atoms. The molecule has 0 radical (unpaired) electrons. The van der Waals surface area contributed by atoms with Crippen LogP contribution in [0.5, 0.6) is 0 Å². The lowest BCUT2D eigenvalue weighted by Gasteiger charge is -2.34. The molecule has 0 aliphatic heterocycles. The van der Waals surface area contributed by atoms with Gasteiger partial charge in [-0.2, -0.15) is 0 Å². The fourth-order valence-electron chi connectivity index (χ4n) is 2.40. The monoisotopic (exact) mass is 249 g/mol. The van der Waals surface area contributed by atoms with Gasteiger partial charge in [0.05, 0.1) is 6.61 Å².